The van der Waals surface area contributed by atoms with Gasteiger partial charge in [0.05, 0.1) is 17.8 Å². The number of nitrogens with zero attached hydrogens (tertiary/aromatic N) is 2. The summed E-state index contributed by atoms with van der Waals surface area (Å²) in [6.07, 6.45) is 1.71. The zero-order valence-corrected chi connectivity index (χ0v) is 12.7. The average Bonchev–Trinajstić information content (AvgIpc) is 2.55. The van der Waals surface area contributed by atoms with E-state index in [9.17, 15) is 0 Å². The van der Waals surface area contributed by atoms with Crippen LogP contribution < -0.4 is 10.5 Å². The Hall–Kier alpha value is -2.59. The molecule has 0 aliphatic heterocycles. The molecule has 2 N–H and O–H groups in total. The number of halogens is 1. The molecule has 1 aromatic heterocycles. The van der Waals surface area contributed by atoms with Gasteiger partial charge >= 0.3 is 0 Å². The Morgan fingerprint density at radius 3 is 2.50 bits per heavy atom. The van der Waals surface area contributed by atoms with Crippen LogP contribution in [-0.4, -0.2) is 17.1 Å². The molecular formula is C17H14ClN3O. The van der Waals surface area contributed by atoms with Gasteiger partial charge in [0.15, 0.2) is 0 Å². The van der Waals surface area contributed by atoms with Crippen LogP contribution in [0.5, 0.6) is 5.75 Å². The maximum Gasteiger partial charge on any atom is 0.220 e. The number of ether oxygens (including phenoxy) is 1. The van der Waals surface area contributed by atoms with E-state index in [2.05, 4.69) is 9.97 Å². The van der Waals surface area contributed by atoms with Crippen molar-refractivity contribution in [3.05, 3.63) is 59.8 Å². The van der Waals surface area contributed by atoms with Crippen LogP contribution in [0, 0.1) is 0 Å². The van der Waals surface area contributed by atoms with Crippen molar-refractivity contribution >= 4 is 17.5 Å². The minimum Gasteiger partial charge on any atom is -0.495 e. The van der Waals surface area contributed by atoms with Gasteiger partial charge in [-0.1, -0.05) is 48.0 Å². The monoisotopic (exact) mass is 311 g/mol. The highest BCUT2D eigenvalue weighted by Crippen LogP contribution is 2.34. The lowest BCUT2D eigenvalue weighted by Gasteiger charge is -2.11. The first-order valence-corrected chi connectivity index (χ1v) is 7.08. The Kier molecular flexibility index (Phi) is 3.94. The Labute approximate surface area is 133 Å². The fourth-order valence-electron chi connectivity index (χ4n) is 2.26. The quantitative estimate of drug-likeness (QED) is 0.792. The molecule has 5 heteroatoms. The second-order valence-electron chi connectivity index (χ2n) is 4.71. The summed E-state index contributed by atoms with van der Waals surface area (Å²) in [6, 6.07) is 15.4. The summed E-state index contributed by atoms with van der Waals surface area (Å²) in [6.45, 7) is 0. The fraction of sp³-hybridized carbons (Fsp3) is 0.0588. The molecule has 110 valence electrons. The van der Waals surface area contributed by atoms with Gasteiger partial charge in [0.2, 0.25) is 5.95 Å². The lowest BCUT2D eigenvalue weighted by molar-refractivity contribution is 0.415. The Morgan fingerprint density at radius 2 is 1.82 bits per heavy atom. The standard InChI is InChI=1S/C17H14ClN3O/c1-22-15-8-7-12(9-14(15)18)13-10-20-17(19)21-16(13)11-5-3-2-4-6-11/h2-10H,1H3,(H2,19,20,21). The molecule has 0 amide bonds. The molecule has 0 fully saturated rings. The second-order valence-corrected chi connectivity index (χ2v) is 5.11. The first kappa shape index (κ1) is 14.4. The number of aromatic nitrogens is 2. The Balaban J connectivity index is 2.17. The largest absolute Gasteiger partial charge is 0.495 e. The molecule has 2 aromatic carbocycles. The van der Waals surface area contributed by atoms with E-state index in [0.717, 1.165) is 22.4 Å². The molecule has 0 saturated carbocycles. The lowest BCUT2D eigenvalue weighted by atomic mass is 10.0. The van der Waals surface area contributed by atoms with Crippen LogP contribution in [0.25, 0.3) is 22.4 Å². The van der Waals surface area contributed by atoms with Crippen LogP contribution in [0.4, 0.5) is 5.95 Å². The average molecular weight is 312 g/mol. The SMILES string of the molecule is COc1ccc(-c2cnc(N)nc2-c2ccccc2)cc1Cl. The predicted molar refractivity (Wildman–Crippen MR) is 88.9 cm³/mol. The van der Waals surface area contributed by atoms with E-state index in [1.54, 1.807) is 13.3 Å². The molecule has 3 aromatic rings. The van der Waals surface area contributed by atoms with Crippen LogP contribution in [0.1, 0.15) is 0 Å². The first-order chi connectivity index (χ1) is 10.7. The Bertz CT molecular complexity index is 806. The number of nitrogen functional groups attached to an aromatic ring is 1. The van der Waals surface area contributed by atoms with Gasteiger partial charge in [-0.15, -0.1) is 0 Å². The highest BCUT2D eigenvalue weighted by Gasteiger charge is 2.12. The number of hydrogen-bond donors (Lipinski definition) is 1. The molecule has 1 heterocycles. The van der Waals surface area contributed by atoms with Crippen LogP contribution in [-0.2, 0) is 0 Å². The summed E-state index contributed by atoms with van der Waals surface area (Å²) in [7, 11) is 1.59. The zero-order valence-electron chi connectivity index (χ0n) is 12.0. The molecule has 22 heavy (non-hydrogen) atoms. The molecule has 0 radical (unpaired) electrons. The van der Waals surface area contributed by atoms with E-state index in [1.807, 2.05) is 48.5 Å². The molecule has 0 aliphatic rings. The van der Waals surface area contributed by atoms with Gasteiger partial charge in [0.1, 0.15) is 5.75 Å². The van der Waals surface area contributed by atoms with E-state index >= 15 is 0 Å². The highest BCUT2D eigenvalue weighted by atomic mass is 35.5. The minimum absolute atomic E-state index is 0.238. The van der Waals surface area contributed by atoms with Gasteiger partial charge in [-0.2, -0.15) is 0 Å². The van der Waals surface area contributed by atoms with E-state index in [1.165, 1.54) is 0 Å². The maximum atomic E-state index is 6.22. The first-order valence-electron chi connectivity index (χ1n) is 6.71. The molecule has 0 unspecified atom stereocenters. The highest BCUT2D eigenvalue weighted by molar-refractivity contribution is 6.32. The van der Waals surface area contributed by atoms with Crippen molar-refractivity contribution in [2.75, 3.05) is 12.8 Å². The maximum absolute atomic E-state index is 6.22. The fourth-order valence-corrected chi connectivity index (χ4v) is 2.51. The molecular weight excluding hydrogens is 298 g/mol. The van der Waals surface area contributed by atoms with Gasteiger partial charge in [-0.3, -0.25) is 0 Å². The van der Waals surface area contributed by atoms with Crippen molar-refractivity contribution in [2.45, 2.75) is 0 Å². The summed E-state index contributed by atoms with van der Waals surface area (Å²) in [5.41, 5.74) is 9.27. The van der Waals surface area contributed by atoms with Gasteiger partial charge in [0, 0.05) is 17.3 Å². The van der Waals surface area contributed by atoms with Gasteiger partial charge in [-0.25, -0.2) is 9.97 Å². The summed E-state index contributed by atoms with van der Waals surface area (Å²) in [4.78, 5) is 8.49. The van der Waals surface area contributed by atoms with Gasteiger partial charge in [-0.05, 0) is 17.7 Å². The van der Waals surface area contributed by atoms with Crippen molar-refractivity contribution in [3.8, 4) is 28.1 Å². The van der Waals surface area contributed by atoms with E-state index < -0.39 is 0 Å². The third-order valence-corrected chi connectivity index (χ3v) is 3.61. The van der Waals surface area contributed by atoms with Crippen LogP contribution in [0.2, 0.25) is 5.02 Å². The molecule has 4 nitrogen and oxygen atoms in total. The van der Waals surface area contributed by atoms with Crippen LogP contribution in [0.3, 0.4) is 0 Å². The molecule has 0 aliphatic carbocycles. The smallest absolute Gasteiger partial charge is 0.220 e. The van der Waals surface area contributed by atoms with Gasteiger partial charge in [0.25, 0.3) is 0 Å². The third kappa shape index (κ3) is 2.73. The van der Waals surface area contributed by atoms with Crippen LogP contribution in [0.15, 0.2) is 54.7 Å². The van der Waals surface area contributed by atoms with Gasteiger partial charge < -0.3 is 10.5 Å². The lowest BCUT2D eigenvalue weighted by Crippen LogP contribution is -1.98. The topological polar surface area (TPSA) is 61.0 Å². The molecule has 0 bridgehead atoms. The summed E-state index contributed by atoms with van der Waals surface area (Å²) >= 11 is 6.22. The number of methoxy groups -OCH3 is 1. The van der Waals surface area contributed by atoms with Crippen molar-refractivity contribution in [2.24, 2.45) is 0 Å². The molecule has 3 rings (SSSR count). The summed E-state index contributed by atoms with van der Waals surface area (Å²) in [5, 5.41) is 0.538. The normalized spacial score (nSPS) is 10.5. The third-order valence-electron chi connectivity index (χ3n) is 3.32. The number of benzene rings is 2. The van der Waals surface area contributed by atoms with Crippen molar-refractivity contribution in [1.82, 2.24) is 9.97 Å². The van der Waals surface area contributed by atoms with E-state index in [-0.39, 0.29) is 5.95 Å². The summed E-state index contributed by atoms with van der Waals surface area (Å²) in [5.74, 6) is 0.866. The number of anilines is 1. The summed E-state index contributed by atoms with van der Waals surface area (Å²) < 4.78 is 5.19. The van der Waals surface area contributed by atoms with Crippen molar-refractivity contribution in [3.63, 3.8) is 0 Å². The molecule has 0 spiro atoms. The van der Waals surface area contributed by atoms with Crippen molar-refractivity contribution in [1.29, 1.82) is 0 Å². The number of hydrogen-bond acceptors (Lipinski definition) is 4. The minimum atomic E-state index is 0.238. The van der Waals surface area contributed by atoms with E-state index in [4.69, 9.17) is 22.1 Å². The predicted octanol–water partition coefficient (Wildman–Crippen LogP) is 4.05. The molecule has 0 atom stereocenters. The van der Waals surface area contributed by atoms with E-state index in [0.29, 0.717) is 10.8 Å². The Morgan fingerprint density at radius 1 is 1.05 bits per heavy atom. The van der Waals surface area contributed by atoms with Crippen LogP contribution >= 0.6 is 11.6 Å². The van der Waals surface area contributed by atoms with Crippen molar-refractivity contribution < 1.29 is 4.74 Å². The second kappa shape index (κ2) is 6.03. The molecule has 0 saturated heterocycles. The number of nitrogens with two attached hydrogens (primary N) is 1. The zero-order chi connectivity index (χ0) is 15.5. The number of rotatable bonds is 3.